The third-order valence-corrected chi connectivity index (χ3v) is 3.04. The van der Waals surface area contributed by atoms with E-state index in [1.54, 1.807) is 4.40 Å². The number of nitrogens with zero attached hydrogens (tertiary/aromatic N) is 2. The van der Waals surface area contributed by atoms with Gasteiger partial charge in [-0.3, -0.25) is 9.20 Å². The summed E-state index contributed by atoms with van der Waals surface area (Å²) >= 11 is 0. The first kappa shape index (κ1) is 15.3. The average molecular weight is 291 g/mol. The van der Waals surface area contributed by atoms with Crippen LogP contribution in [0, 0.1) is 6.92 Å². The predicted molar refractivity (Wildman–Crippen MR) is 79.9 cm³/mol. The summed E-state index contributed by atoms with van der Waals surface area (Å²) in [4.78, 5) is 16.7. The van der Waals surface area contributed by atoms with Gasteiger partial charge in [0.1, 0.15) is 5.69 Å². The molecular weight excluding hydrogens is 270 g/mol. The molecule has 0 aliphatic heterocycles. The van der Waals surface area contributed by atoms with Crippen molar-refractivity contribution >= 4 is 11.6 Å². The molecule has 2 aromatic rings. The second-order valence-electron chi connectivity index (χ2n) is 4.50. The lowest BCUT2D eigenvalue weighted by Gasteiger charge is -2.07. The first-order valence-corrected chi connectivity index (χ1v) is 7.15. The molecule has 2 rings (SSSR count). The molecule has 6 nitrogen and oxygen atoms in total. The lowest BCUT2D eigenvalue weighted by molar-refractivity contribution is 0.0916. The number of aryl methyl sites for hydroxylation is 1. The Kier molecular flexibility index (Phi) is 5.16. The van der Waals surface area contributed by atoms with Crippen LogP contribution in [-0.4, -0.2) is 41.7 Å². The van der Waals surface area contributed by atoms with Gasteiger partial charge < -0.3 is 14.8 Å². The highest BCUT2D eigenvalue weighted by atomic mass is 16.5. The molecule has 21 heavy (non-hydrogen) atoms. The molecule has 2 heterocycles. The van der Waals surface area contributed by atoms with Crippen LogP contribution in [0.2, 0.25) is 0 Å². The Balaban J connectivity index is 2.25. The smallest absolute Gasteiger partial charge is 0.270 e. The number of ether oxygens (including phenoxy) is 2. The van der Waals surface area contributed by atoms with Crippen LogP contribution in [0.25, 0.3) is 5.65 Å². The summed E-state index contributed by atoms with van der Waals surface area (Å²) in [6.45, 7) is 7.84. The second-order valence-corrected chi connectivity index (χ2v) is 4.50. The molecule has 1 amide bonds. The minimum absolute atomic E-state index is 0.159. The van der Waals surface area contributed by atoms with Gasteiger partial charge in [0.25, 0.3) is 5.91 Å². The lowest BCUT2D eigenvalue weighted by Crippen LogP contribution is -2.28. The van der Waals surface area contributed by atoms with Crippen molar-refractivity contribution in [2.75, 3.05) is 26.4 Å². The van der Waals surface area contributed by atoms with E-state index in [0.717, 1.165) is 0 Å². The zero-order valence-electron chi connectivity index (χ0n) is 12.7. The van der Waals surface area contributed by atoms with E-state index in [1.807, 2.05) is 39.1 Å². The number of aromatic nitrogens is 2. The zero-order chi connectivity index (χ0) is 15.2. The molecule has 0 atom stereocenters. The van der Waals surface area contributed by atoms with Crippen LogP contribution < -0.4 is 10.1 Å². The number of nitrogens with one attached hydrogen (secondary N) is 1. The average Bonchev–Trinajstić information content (AvgIpc) is 2.81. The lowest BCUT2D eigenvalue weighted by atomic mass is 10.3. The quantitative estimate of drug-likeness (QED) is 0.790. The van der Waals surface area contributed by atoms with Crippen molar-refractivity contribution < 1.29 is 14.3 Å². The summed E-state index contributed by atoms with van der Waals surface area (Å²) in [5.41, 5.74) is 1.87. The van der Waals surface area contributed by atoms with Gasteiger partial charge in [0.05, 0.1) is 18.9 Å². The van der Waals surface area contributed by atoms with Gasteiger partial charge in [0, 0.05) is 19.3 Å². The summed E-state index contributed by atoms with van der Waals surface area (Å²) in [6.07, 6.45) is 1.81. The summed E-state index contributed by atoms with van der Waals surface area (Å²) in [5, 5.41) is 2.84. The monoisotopic (exact) mass is 291 g/mol. The van der Waals surface area contributed by atoms with Crippen molar-refractivity contribution in [2.45, 2.75) is 20.8 Å². The largest absolute Gasteiger partial charge is 0.490 e. The van der Waals surface area contributed by atoms with Gasteiger partial charge in [-0.15, -0.1) is 0 Å². The summed E-state index contributed by atoms with van der Waals surface area (Å²) in [5.74, 6) is 0.518. The number of carbonyl (C=O) groups is 1. The van der Waals surface area contributed by atoms with Crippen molar-refractivity contribution in [1.82, 2.24) is 14.7 Å². The van der Waals surface area contributed by atoms with Gasteiger partial charge in [-0.2, -0.15) is 0 Å². The summed E-state index contributed by atoms with van der Waals surface area (Å²) < 4.78 is 12.5. The van der Waals surface area contributed by atoms with Crippen molar-refractivity contribution in [1.29, 1.82) is 0 Å². The van der Waals surface area contributed by atoms with Crippen molar-refractivity contribution in [2.24, 2.45) is 0 Å². The van der Waals surface area contributed by atoms with Crippen LogP contribution in [0.3, 0.4) is 0 Å². The highest BCUT2D eigenvalue weighted by molar-refractivity contribution is 5.94. The molecule has 0 bridgehead atoms. The molecule has 6 heteroatoms. The van der Waals surface area contributed by atoms with E-state index in [4.69, 9.17) is 9.47 Å². The van der Waals surface area contributed by atoms with E-state index in [9.17, 15) is 4.79 Å². The number of hydrogen-bond donors (Lipinski definition) is 1. The Morgan fingerprint density at radius 2 is 2.19 bits per heavy atom. The molecule has 0 aliphatic rings. The van der Waals surface area contributed by atoms with Crippen LogP contribution in [-0.2, 0) is 4.74 Å². The molecule has 0 aromatic carbocycles. The number of imidazole rings is 1. The molecule has 2 aromatic heterocycles. The molecule has 114 valence electrons. The van der Waals surface area contributed by atoms with Gasteiger partial charge in [-0.1, -0.05) is 0 Å². The molecule has 0 radical (unpaired) electrons. The molecule has 0 saturated carbocycles. The molecule has 0 unspecified atom stereocenters. The van der Waals surface area contributed by atoms with E-state index >= 15 is 0 Å². The first-order valence-electron chi connectivity index (χ1n) is 7.15. The Morgan fingerprint density at radius 3 is 2.90 bits per heavy atom. The maximum absolute atomic E-state index is 12.3. The highest BCUT2D eigenvalue weighted by Crippen LogP contribution is 2.21. The third-order valence-electron chi connectivity index (χ3n) is 3.04. The topological polar surface area (TPSA) is 64.9 Å². The standard InChI is InChI=1S/C15H21N3O3/c1-4-20-10-8-16-15(19)13-11(3)17-14-12(21-5-2)7-6-9-18(13)14/h6-7,9H,4-5,8,10H2,1-3H3,(H,16,19). The van der Waals surface area contributed by atoms with Crippen LogP contribution in [0.4, 0.5) is 0 Å². The Morgan fingerprint density at radius 1 is 1.38 bits per heavy atom. The second kappa shape index (κ2) is 7.08. The van der Waals surface area contributed by atoms with Crippen molar-refractivity contribution in [3.05, 3.63) is 29.7 Å². The van der Waals surface area contributed by atoms with E-state index in [1.165, 1.54) is 0 Å². The highest BCUT2D eigenvalue weighted by Gasteiger charge is 2.18. The maximum Gasteiger partial charge on any atom is 0.270 e. The molecule has 1 N–H and O–H groups in total. The predicted octanol–water partition coefficient (Wildman–Crippen LogP) is 1.81. The van der Waals surface area contributed by atoms with E-state index < -0.39 is 0 Å². The van der Waals surface area contributed by atoms with Gasteiger partial charge in [0.15, 0.2) is 11.4 Å². The number of hydrogen-bond acceptors (Lipinski definition) is 4. The first-order chi connectivity index (χ1) is 10.2. The number of rotatable bonds is 7. The Labute approximate surface area is 124 Å². The molecule has 0 aliphatic carbocycles. The Hall–Kier alpha value is -2.08. The number of carbonyl (C=O) groups excluding carboxylic acids is 1. The number of pyridine rings is 1. The summed E-state index contributed by atoms with van der Waals surface area (Å²) in [7, 11) is 0. The van der Waals surface area contributed by atoms with Gasteiger partial charge in [-0.05, 0) is 32.9 Å². The number of amides is 1. The van der Waals surface area contributed by atoms with Crippen LogP contribution in [0.5, 0.6) is 5.75 Å². The van der Waals surface area contributed by atoms with Crippen molar-refractivity contribution in [3.8, 4) is 5.75 Å². The van der Waals surface area contributed by atoms with E-state index in [2.05, 4.69) is 10.3 Å². The van der Waals surface area contributed by atoms with Crippen molar-refractivity contribution in [3.63, 3.8) is 0 Å². The number of fused-ring (bicyclic) bond motifs is 1. The fourth-order valence-electron chi connectivity index (χ4n) is 2.16. The zero-order valence-corrected chi connectivity index (χ0v) is 12.7. The van der Waals surface area contributed by atoms with E-state index in [-0.39, 0.29) is 5.91 Å². The van der Waals surface area contributed by atoms with Gasteiger partial charge in [-0.25, -0.2) is 4.98 Å². The fraction of sp³-hybridized carbons (Fsp3) is 0.467. The molecule has 0 saturated heterocycles. The maximum atomic E-state index is 12.3. The minimum atomic E-state index is -0.159. The van der Waals surface area contributed by atoms with Gasteiger partial charge >= 0.3 is 0 Å². The normalized spacial score (nSPS) is 10.8. The SMILES string of the molecule is CCOCCNC(=O)c1c(C)nc2c(OCC)cccn12. The summed E-state index contributed by atoms with van der Waals surface area (Å²) in [6, 6.07) is 3.69. The minimum Gasteiger partial charge on any atom is -0.490 e. The third kappa shape index (κ3) is 3.33. The van der Waals surface area contributed by atoms with Crippen LogP contribution >= 0.6 is 0 Å². The van der Waals surface area contributed by atoms with Crippen LogP contribution in [0.1, 0.15) is 30.0 Å². The Bertz CT molecular complexity index is 622. The van der Waals surface area contributed by atoms with Crippen LogP contribution in [0.15, 0.2) is 18.3 Å². The molecule has 0 fully saturated rings. The molecular formula is C15H21N3O3. The van der Waals surface area contributed by atoms with E-state index in [0.29, 0.717) is 49.1 Å². The molecule has 0 spiro atoms. The fourth-order valence-corrected chi connectivity index (χ4v) is 2.16. The van der Waals surface area contributed by atoms with Gasteiger partial charge in [0.2, 0.25) is 0 Å².